The van der Waals surface area contributed by atoms with Crippen molar-refractivity contribution in [1.82, 2.24) is 20.3 Å². The van der Waals surface area contributed by atoms with Gasteiger partial charge in [0.1, 0.15) is 19.0 Å². The van der Waals surface area contributed by atoms with Crippen molar-refractivity contribution in [1.29, 1.82) is 0 Å². The number of hydrogen-bond acceptors (Lipinski definition) is 5. The molecule has 0 saturated heterocycles. The summed E-state index contributed by atoms with van der Waals surface area (Å²) in [6.07, 6.45) is 1.56. The Morgan fingerprint density at radius 1 is 1.10 bits per heavy atom. The van der Waals surface area contributed by atoms with E-state index in [2.05, 4.69) is 15.6 Å². The molecule has 1 atom stereocenters. The molecule has 1 amide bonds. The molecule has 2 aromatic carbocycles. The molecule has 29 heavy (non-hydrogen) atoms. The van der Waals surface area contributed by atoms with E-state index in [0.29, 0.717) is 30.4 Å². The number of ether oxygens (including phenoxy) is 2. The Balaban J connectivity index is 1.52. The number of halogens is 1. The first kappa shape index (κ1) is 18.9. The number of fused-ring (bicyclic) bond motifs is 1. The molecule has 3 aromatic rings. The molecule has 2 heterocycles. The van der Waals surface area contributed by atoms with Crippen molar-refractivity contribution >= 4 is 5.91 Å². The zero-order valence-corrected chi connectivity index (χ0v) is 16.1. The number of nitrogens with one attached hydrogen (secondary N) is 1. The fourth-order valence-corrected chi connectivity index (χ4v) is 3.19. The van der Waals surface area contributed by atoms with Crippen LogP contribution >= 0.6 is 0 Å². The summed E-state index contributed by atoms with van der Waals surface area (Å²) in [5.74, 6) is 0.752. The van der Waals surface area contributed by atoms with Gasteiger partial charge in [-0.2, -0.15) is 0 Å². The maximum absolute atomic E-state index is 13.2. The van der Waals surface area contributed by atoms with E-state index in [-0.39, 0.29) is 29.4 Å². The monoisotopic (exact) mass is 396 g/mol. The molecule has 0 aliphatic carbocycles. The minimum absolute atomic E-state index is 0.109. The Labute approximate surface area is 167 Å². The highest BCUT2D eigenvalue weighted by Crippen LogP contribution is 2.31. The van der Waals surface area contributed by atoms with Gasteiger partial charge >= 0.3 is 0 Å². The zero-order chi connectivity index (χ0) is 20.4. The number of benzene rings is 2. The van der Waals surface area contributed by atoms with Crippen LogP contribution in [0, 0.1) is 11.7 Å². The summed E-state index contributed by atoms with van der Waals surface area (Å²) in [6, 6.07) is 11.2. The smallest absolute Gasteiger partial charge is 0.273 e. The summed E-state index contributed by atoms with van der Waals surface area (Å²) in [6.45, 7) is 4.98. The Bertz CT molecular complexity index is 1020. The second-order valence-electron chi connectivity index (χ2n) is 7.12. The molecule has 0 bridgehead atoms. The summed E-state index contributed by atoms with van der Waals surface area (Å²) in [7, 11) is 0. The first-order chi connectivity index (χ1) is 14.0. The standard InChI is InChI=1S/C21H21FN4O3/c1-13(2)20(14-3-5-15(22)6-4-14)23-21(27)17-12-26(25-24-17)16-7-8-18-19(11-16)29-10-9-28-18/h3-8,11-13,20H,9-10H2,1-2H3,(H,23,27)/t20-/m1/s1. The van der Waals surface area contributed by atoms with Crippen LogP contribution in [0.3, 0.4) is 0 Å². The quantitative estimate of drug-likeness (QED) is 0.716. The third-order valence-electron chi connectivity index (χ3n) is 4.70. The number of aromatic nitrogens is 3. The number of rotatable bonds is 5. The lowest BCUT2D eigenvalue weighted by Gasteiger charge is -2.22. The average Bonchev–Trinajstić information content (AvgIpc) is 3.22. The van der Waals surface area contributed by atoms with Gasteiger partial charge in [0, 0.05) is 6.07 Å². The molecule has 1 aliphatic rings. The minimum atomic E-state index is -0.350. The summed E-state index contributed by atoms with van der Waals surface area (Å²) in [4.78, 5) is 12.7. The molecule has 0 saturated carbocycles. The van der Waals surface area contributed by atoms with Gasteiger partial charge < -0.3 is 14.8 Å². The van der Waals surface area contributed by atoms with Crippen LogP contribution in [0.1, 0.15) is 35.9 Å². The van der Waals surface area contributed by atoms with Crippen LogP contribution in [0.4, 0.5) is 4.39 Å². The van der Waals surface area contributed by atoms with Gasteiger partial charge in [-0.3, -0.25) is 4.79 Å². The maximum atomic E-state index is 13.2. The third-order valence-corrected chi connectivity index (χ3v) is 4.70. The summed E-state index contributed by atoms with van der Waals surface area (Å²) >= 11 is 0. The van der Waals surface area contributed by atoms with Gasteiger partial charge in [-0.25, -0.2) is 9.07 Å². The van der Waals surface area contributed by atoms with E-state index in [1.165, 1.54) is 16.8 Å². The topological polar surface area (TPSA) is 78.3 Å². The molecule has 150 valence electrons. The van der Waals surface area contributed by atoms with Crippen molar-refractivity contribution in [3.05, 3.63) is 65.7 Å². The Morgan fingerprint density at radius 2 is 1.83 bits per heavy atom. The van der Waals surface area contributed by atoms with Crippen molar-refractivity contribution < 1.29 is 18.7 Å². The summed E-state index contributed by atoms with van der Waals surface area (Å²) < 4.78 is 25.8. The number of carbonyl (C=O) groups excluding carboxylic acids is 1. The van der Waals surface area contributed by atoms with E-state index >= 15 is 0 Å². The second-order valence-corrected chi connectivity index (χ2v) is 7.12. The SMILES string of the molecule is CC(C)[C@@H](NC(=O)c1cn(-c2ccc3c(c2)OCCO3)nn1)c1ccc(F)cc1. The molecule has 7 nitrogen and oxygen atoms in total. The van der Waals surface area contributed by atoms with Gasteiger partial charge in [0.15, 0.2) is 17.2 Å². The lowest BCUT2D eigenvalue weighted by atomic mass is 9.96. The first-order valence-electron chi connectivity index (χ1n) is 9.40. The molecule has 8 heteroatoms. The molecule has 0 fully saturated rings. The predicted molar refractivity (Wildman–Crippen MR) is 104 cm³/mol. The lowest BCUT2D eigenvalue weighted by molar-refractivity contribution is 0.0920. The molecule has 0 spiro atoms. The van der Waals surface area contributed by atoms with Gasteiger partial charge in [0.2, 0.25) is 0 Å². The Morgan fingerprint density at radius 3 is 2.55 bits per heavy atom. The molecule has 1 aliphatic heterocycles. The van der Waals surface area contributed by atoms with Crippen LogP contribution in [0.25, 0.3) is 5.69 Å². The van der Waals surface area contributed by atoms with Crippen molar-refractivity contribution in [3.8, 4) is 17.2 Å². The van der Waals surface area contributed by atoms with E-state index in [1.54, 1.807) is 30.5 Å². The summed E-state index contributed by atoms with van der Waals surface area (Å²) in [5.41, 5.74) is 1.72. The van der Waals surface area contributed by atoms with Crippen LogP contribution in [-0.4, -0.2) is 34.1 Å². The van der Waals surface area contributed by atoms with Crippen LogP contribution in [0.2, 0.25) is 0 Å². The highest BCUT2D eigenvalue weighted by molar-refractivity contribution is 5.92. The van der Waals surface area contributed by atoms with E-state index in [9.17, 15) is 9.18 Å². The van der Waals surface area contributed by atoms with Crippen molar-refractivity contribution in [3.63, 3.8) is 0 Å². The van der Waals surface area contributed by atoms with Gasteiger partial charge in [-0.05, 0) is 35.7 Å². The molecular weight excluding hydrogens is 375 g/mol. The van der Waals surface area contributed by atoms with Gasteiger partial charge in [-0.15, -0.1) is 5.10 Å². The molecule has 1 aromatic heterocycles. The third kappa shape index (κ3) is 4.06. The van der Waals surface area contributed by atoms with Crippen molar-refractivity contribution in [2.45, 2.75) is 19.9 Å². The fourth-order valence-electron chi connectivity index (χ4n) is 3.19. The van der Waals surface area contributed by atoms with Crippen LogP contribution in [0.5, 0.6) is 11.5 Å². The van der Waals surface area contributed by atoms with E-state index in [0.717, 1.165) is 5.56 Å². The molecule has 1 N–H and O–H groups in total. The number of carbonyl (C=O) groups is 1. The highest BCUT2D eigenvalue weighted by Gasteiger charge is 2.21. The van der Waals surface area contributed by atoms with Crippen LogP contribution in [-0.2, 0) is 0 Å². The predicted octanol–water partition coefficient (Wildman–Crippen LogP) is 3.30. The van der Waals surface area contributed by atoms with E-state index < -0.39 is 0 Å². The Kier molecular flexibility index (Phi) is 5.16. The Hall–Kier alpha value is -3.42. The lowest BCUT2D eigenvalue weighted by Crippen LogP contribution is -2.32. The largest absolute Gasteiger partial charge is 0.486 e. The first-order valence-corrected chi connectivity index (χ1v) is 9.40. The number of nitrogens with zero attached hydrogens (tertiary/aromatic N) is 3. The zero-order valence-electron chi connectivity index (χ0n) is 16.1. The fraction of sp³-hybridized carbons (Fsp3) is 0.286. The van der Waals surface area contributed by atoms with Gasteiger partial charge in [-0.1, -0.05) is 31.2 Å². The number of hydrogen-bond donors (Lipinski definition) is 1. The molecule has 0 unspecified atom stereocenters. The number of amides is 1. The average molecular weight is 396 g/mol. The highest BCUT2D eigenvalue weighted by atomic mass is 19.1. The molecule has 0 radical (unpaired) electrons. The van der Waals surface area contributed by atoms with Crippen molar-refractivity contribution in [2.75, 3.05) is 13.2 Å². The van der Waals surface area contributed by atoms with Crippen LogP contribution in [0.15, 0.2) is 48.7 Å². The van der Waals surface area contributed by atoms with E-state index in [4.69, 9.17) is 9.47 Å². The normalized spacial score (nSPS) is 13.9. The van der Waals surface area contributed by atoms with E-state index in [1.807, 2.05) is 19.9 Å². The van der Waals surface area contributed by atoms with Crippen molar-refractivity contribution in [2.24, 2.45) is 5.92 Å². The van der Waals surface area contributed by atoms with Gasteiger partial charge in [0.25, 0.3) is 5.91 Å². The van der Waals surface area contributed by atoms with Gasteiger partial charge in [0.05, 0.1) is 17.9 Å². The second kappa shape index (κ2) is 7.90. The molecule has 4 rings (SSSR count). The maximum Gasteiger partial charge on any atom is 0.273 e. The molecular formula is C21H21FN4O3. The van der Waals surface area contributed by atoms with Crippen LogP contribution < -0.4 is 14.8 Å². The minimum Gasteiger partial charge on any atom is -0.486 e. The summed E-state index contributed by atoms with van der Waals surface area (Å²) in [5, 5.41) is 11.0.